The van der Waals surface area contributed by atoms with E-state index in [4.69, 9.17) is 0 Å². The van der Waals surface area contributed by atoms with Crippen LogP contribution in [0.3, 0.4) is 0 Å². The fourth-order valence-electron chi connectivity index (χ4n) is 3.99. The standard InChI is InChI=1S/C23H26N4O/c1-6-7-19(28)20-15(4)27-23-13(2)12-26-14(3)21(23)22(20)17-9-8-16(11-24)10-18(17)25-5/h8-10,12,22,25,27H,6-7H2,1-5H3. The minimum Gasteiger partial charge on any atom is -0.388 e. The van der Waals surface area contributed by atoms with Crippen molar-refractivity contribution in [3.8, 4) is 6.07 Å². The van der Waals surface area contributed by atoms with Crippen molar-refractivity contribution in [3.05, 3.63) is 63.6 Å². The van der Waals surface area contributed by atoms with Gasteiger partial charge in [-0.1, -0.05) is 13.0 Å². The van der Waals surface area contributed by atoms with Gasteiger partial charge in [0.05, 0.1) is 11.6 Å². The topological polar surface area (TPSA) is 77.8 Å². The van der Waals surface area contributed by atoms with E-state index in [0.717, 1.165) is 51.5 Å². The predicted octanol–water partition coefficient (Wildman–Crippen LogP) is 4.81. The second-order valence-corrected chi connectivity index (χ2v) is 7.25. The summed E-state index contributed by atoms with van der Waals surface area (Å²) < 4.78 is 0. The van der Waals surface area contributed by atoms with Crippen LogP contribution in [0.1, 0.15) is 60.6 Å². The molecule has 0 amide bonds. The van der Waals surface area contributed by atoms with E-state index in [1.165, 1.54) is 0 Å². The molecule has 2 N–H and O–H groups in total. The number of fused-ring (bicyclic) bond motifs is 1. The van der Waals surface area contributed by atoms with Crippen LogP contribution in [0.4, 0.5) is 11.4 Å². The number of allylic oxidation sites excluding steroid dienone is 2. The molecule has 3 rings (SSSR count). The van der Waals surface area contributed by atoms with Crippen molar-refractivity contribution < 1.29 is 4.79 Å². The molecular weight excluding hydrogens is 348 g/mol. The third kappa shape index (κ3) is 3.27. The largest absolute Gasteiger partial charge is 0.388 e. The molecule has 5 nitrogen and oxygen atoms in total. The molecular formula is C23H26N4O. The molecule has 1 aromatic heterocycles. The van der Waals surface area contributed by atoms with Gasteiger partial charge >= 0.3 is 0 Å². The van der Waals surface area contributed by atoms with Gasteiger partial charge < -0.3 is 10.6 Å². The first-order chi connectivity index (χ1) is 13.4. The van der Waals surface area contributed by atoms with E-state index in [-0.39, 0.29) is 11.7 Å². The number of ketones is 1. The highest BCUT2D eigenvalue weighted by Gasteiger charge is 2.35. The first-order valence-electron chi connectivity index (χ1n) is 9.61. The Balaban J connectivity index is 2.33. The third-order valence-corrected chi connectivity index (χ3v) is 5.34. The number of carbonyl (C=O) groups excluding carboxylic acids is 1. The first-order valence-corrected chi connectivity index (χ1v) is 9.61. The Morgan fingerprint density at radius 3 is 2.71 bits per heavy atom. The molecule has 2 heterocycles. The van der Waals surface area contributed by atoms with Crippen molar-refractivity contribution in [2.45, 2.75) is 46.5 Å². The Hall–Kier alpha value is -3.13. The van der Waals surface area contributed by atoms with E-state index < -0.39 is 0 Å². The van der Waals surface area contributed by atoms with Crippen LogP contribution in [0, 0.1) is 25.2 Å². The van der Waals surface area contributed by atoms with Gasteiger partial charge in [-0.3, -0.25) is 9.78 Å². The molecule has 0 bridgehead atoms. The molecule has 1 unspecified atom stereocenters. The van der Waals surface area contributed by atoms with Gasteiger partial charge in [-0.15, -0.1) is 0 Å². The Morgan fingerprint density at radius 2 is 2.07 bits per heavy atom. The smallest absolute Gasteiger partial charge is 0.161 e. The van der Waals surface area contributed by atoms with Gasteiger partial charge in [0.2, 0.25) is 0 Å². The number of benzene rings is 1. The highest BCUT2D eigenvalue weighted by Crippen LogP contribution is 2.46. The van der Waals surface area contributed by atoms with Gasteiger partial charge in [-0.25, -0.2) is 0 Å². The molecule has 0 radical (unpaired) electrons. The number of pyridine rings is 1. The van der Waals surface area contributed by atoms with E-state index in [9.17, 15) is 10.1 Å². The van der Waals surface area contributed by atoms with Crippen molar-refractivity contribution in [2.24, 2.45) is 0 Å². The quantitative estimate of drug-likeness (QED) is 0.785. The highest BCUT2D eigenvalue weighted by atomic mass is 16.1. The van der Waals surface area contributed by atoms with Gasteiger partial charge in [-0.2, -0.15) is 5.26 Å². The minimum absolute atomic E-state index is 0.149. The predicted molar refractivity (Wildman–Crippen MR) is 112 cm³/mol. The van der Waals surface area contributed by atoms with E-state index in [0.29, 0.717) is 12.0 Å². The molecule has 2 aromatic rings. The zero-order chi connectivity index (χ0) is 20.4. The number of carbonyl (C=O) groups is 1. The summed E-state index contributed by atoms with van der Waals surface area (Å²) in [5.41, 5.74) is 8.10. The van der Waals surface area contributed by atoms with Crippen molar-refractivity contribution in [1.29, 1.82) is 5.26 Å². The number of rotatable bonds is 5. The molecule has 28 heavy (non-hydrogen) atoms. The highest BCUT2D eigenvalue weighted by molar-refractivity contribution is 6.00. The van der Waals surface area contributed by atoms with Crippen molar-refractivity contribution in [2.75, 3.05) is 17.7 Å². The monoisotopic (exact) mass is 374 g/mol. The van der Waals surface area contributed by atoms with Crippen LogP contribution in [-0.4, -0.2) is 17.8 Å². The van der Waals surface area contributed by atoms with Crippen LogP contribution in [-0.2, 0) is 4.79 Å². The molecule has 0 saturated carbocycles. The van der Waals surface area contributed by atoms with Gasteiger partial charge in [0, 0.05) is 59.5 Å². The van der Waals surface area contributed by atoms with E-state index in [2.05, 4.69) is 21.7 Å². The summed E-state index contributed by atoms with van der Waals surface area (Å²) in [6.45, 7) is 8.00. The van der Waals surface area contributed by atoms with Crippen LogP contribution < -0.4 is 10.6 Å². The summed E-state index contributed by atoms with van der Waals surface area (Å²) >= 11 is 0. The number of nitriles is 1. The summed E-state index contributed by atoms with van der Waals surface area (Å²) in [5, 5.41) is 16.0. The number of anilines is 2. The molecule has 144 valence electrons. The maximum Gasteiger partial charge on any atom is 0.161 e. The number of hydrogen-bond donors (Lipinski definition) is 2. The lowest BCUT2D eigenvalue weighted by Gasteiger charge is -2.33. The number of aromatic nitrogens is 1. The van der Waals surface area contributed by atoms with Crippen LogP contribution in [0.15, 0.2) is 35.7 Å². The fourth-order valence-corrected chi connectivity index (χ4v) is 3.99. The second-order valence-electron chi connectivity index (χ2n) is 7.25. The lowest BCUT2D eigenvalue weighted by molar-refractivity contribution is -0.115. The first kappa shape index (κ1) is 19.6. The average Bonchev–Trinajstić information content (AvgIpc) is 2.69. The maximum absolute atomic E-state index is 13.1. The van der Waals surface area contributed by atoms with Crippen LogP contribution in [0.25, 0.3) is 0 Å². The summed E-state index contributed by atoms with van der Waals surface area (Å²) in [6.07, 6.45) is 3.16. The lowest BCUT2D eigenvalue weighted by atomic mass is 9.76. The zero-order valence-electron chi connectivity index (χ0n) is 17.1. The fraction of sp³-hybridized carbons (Fsp3) is 0.348. The van der Waals surface area contributed by atoms with Crippen molar-refractivity contribution in [1.82, 2.24) is 4.98 Å². The molecule has 1 aliphatic rings. The van der Waals surface area contributed by atoms with Gasteiger partial charge in [0.1, 0.15) is 0 Å². The van der Waals surface area contributed by atoms with E-state index >= 15 is 0 Å². The molecule has 1 aromatic carbocycles. The number of Topliss-reactive ketones (excluding diaryl/α,β-unsaturated/α-hetero) is 1. The van der Waals surface area contributed by atoms with Crippen molar-refractivity contribution in [3.63, 3.8) is 0 Å². The van der Waals surface area contributed by atoms with Crippen LogP contribution >= 0.6 is 0 Å². The molecule has 5 heteroatoms. The summed E-state index contributed by atoms with van der Waals surface area (Å²) in [5.74, 6) is -0.0756. The SMILES string of the molecule is CCCC(=O)C1=C(C)Nc2c(C)cnc(C)c2C1c1ccc(C#N)cc1NC. The number of hydrogen-bond acceptors (Lipinski definition) is 5. The van der Waals surface area contributed by atoms with E-state index in [1.807, 2.05) is 59.1 Å². The van der Waals surface area contributed by atoms with E-state index in [1.54, 1.807) is 0 Å². The van der Waals surface area contributed by atoms with Gasteiger partial charge in [0.25, 0.3) is 0 Å². The molecule has 1 aliphatic heterocycles. The molecule has 1 atom stereocenters. The summed E-state index contributed by atoms with van der Waals surface area (Å²) in [4.78, 5) is 17.7. The number of nitrogens with one attached hydrogen (secondary N) is 2. The lowest BCUT2D eigenvalue weighted by Crippen LogP contribution is -2.25. The Labute approximate surface area is 166 Å². The Bertz CT molecular complexity index is 1010. The normalized spacial score (nSPS) is 15.5. The molecule has 0 spiro atoms. The molecule has 0 saturated heterocycles. The average molecular weight is 374 g/mol. The second kappa shape index (κ2) is 7.85. The Kier molecular flexibility index (Phi) is 5.51. The van der Waals surface area contributed by atoms with Crippen LogP contribution in [0.2, 0.25) is 0 Å². The summed E-state index contributed by atoms with van der Waals surface area (Å²) in [7, 11) is 1.84. The maximum atomic E-state index is 13.1. The molecule has 0 aliphatic carbocycles. The number of aryl methyl sites for hydroxylation is 2. The Morgan fingerprint density at radius 1 is 1.32 bits per heavy atom. The van der Waals surface area contributed by atoms with Gasteiger partial charge in [0.15, 0.2) is 5.78 Å². The van der Waals surface area contributed by atoms with Crippen molar-refractivity contribution >= 4 is 17.2 Å². The van der Waals surface area contributed by atoms with Crippen LogP contribution in [0.5, 0.6) is 0 Å². The number of nitrogens with zero attached hydrogens (tertiary/aromatic N) is 2. The van der Waals surface area contributed by atoms with Gasteiger partial charge in [-0.05, 0) is 50.5 Å². The molecule has 0 fully saturated rings. The third-order valence-electron chi connectivity index (χ3n) is 5.34. The minimum atomic E-state index is -0.224. The zero-order valence-corrected chi connectivity index (χ0v) is 17.1. The summed E-state index contributed by atoms with van der Waals surface area (Å²) in [6, 6.07) is 7.80.